The highest BCUT2D eigenvalue weighted by atomic mass is 16.5. The molecule has 1 aromatic carbocycles. The van der Waals surface area contributed by atoms with Crippen molar-refractivity contribution in [3.63, 3.8) is 0 Å². The molecule has 2 heterocycles. The molecule has 1 saturated heterocycles. The van der Waals surface area contributed by atoms with Crippen molar-refractivity contribution in [2.45, 2.75) is 51.2 Å². The third-order valence-corrected chi connectivity index (χ3v) is 4.65. The van der Waals surface area contributed by atoms with Gasteiger partial charge in [-0.1, -0.05) is 18.2 Å². The zero-order valence-electron chi connectivity index (χ0n) is 13.6. The number of rotatable bonds is 4. The zero-order chi connectivity index (χ0) is 16.2. The maximum atomic E-state index is 12.5. The Balaban J connectivity index is 1.72. The monoisotopic (exact) mass is 316 g/mol. The summed E-state index contributed by atoms with van der Waals surface area (Å²) in [5.41, 5.74) is 2.01. The van der Waals surface area contributed by atoms with Crippen LogP contribution in [0.15, 0.2) is 24.3 Å². The molecule has 0 bridgehead atoms. The van der Waals surface area contributed by atoms with Crippen molar-refractivity contribution >= 4 is 17.5 Å². The topological polar surface area (TPSA) is 58.6 Å². The van der Waals surface area contributed by atoms with Crippen molar-refractivity contribution in [3.8, 4) is 0 Å². The number of anilines is 1. The summed E-state index contributed by atoms with van der Waals surface area (Å²) in [6.45, 7) is 3.09. The lowest BCUT2D eigenvalue weighted by atomic mass is 10.1. The molecule has 2 atom stereocenters. The average molecular weight is 316 g/mol. The number of nitrogens with zero attached hydrogens (tertiary/aromatic N) is 1. The minimum Gasteiger partial charge on any atom is -0.376 e. The first-order valence-electron chi connectivity index (χ1n) is 8.46. The second-order valence-electron chi connectivity index (χ2n) is 6.30. The number of hydrogen-bond donors (Lipinski definition) is 1. The van der Waals surface area contributed by atoms with E-state index in [2.05, 4.69) is 5.32 Å². The summed E-state index contributed by atoms with van der Waals surface area (Å²) in [5.74, 6) is -0.0970. The maximum absolute atomic E-state index is 12.5. The minimum absolute atomic E-state index is 0.0229. The van der Waals surface area contributed by atoms with Crippen LogP contribution in [0.1, 0.15) is 38.2 Å². The number of hydrogen-bond acceptors (Lipinski definition) is 3. The van der Waals surface area contributed by atoms with Crippen molar-refractivity contribution in [1.82, 2.24) is 5.32 Å². The quantitative estimate of drug-likeness (QED) is 0.925. The van der Waals surface area contributed by atoms with Crippen molar-refractivity contribution < 1.29 is 14.3 Å². The predicted molar refractivity (Wildman–Crippen MR) is 88.3 cm³/mol. The van der Waals surface area contributed by atoms with Gasteiger partial charge in [0.25, 0.3) is 0 Å². The summed E-state index contributed by atoms with van der Waals surface area (Å²) < 4.78 is 5.53. The molecular formula is C18H24N2O3. The molecule has 0 spiro atoms. The van der Waals surface area contributed by atoms with Crippen LogP contribution in [-0.2, 0) is 20.7 Å². The number of ether oxygens (including phenoxy) is 1. The lowest BCUT2D eigenvalue weighted by Gasteiger charge is -2.29. The van der Waals surface area contributed by atoms with Gasteiger partial charge < -0.3 is 10.1 Å². The number of amides is 2. The Morgan fingerprint density at radius 3 is 2.96 bits per heavy atom. The van der Waals surface area contributed by atoms with Crippen LogP contribution in [0.25, 0.3) is 0 Å². The number of carbonyl (C=O) groups excluding carboxylic acids is 2. The number of para-hydroxylation sites is 1. The van der Waals surface area contributed by atoms with E-state index in [1.54, 1.807) is 11.8 Å². The molecule has 0 radical (unpaired) electrons. The summed E-state index contributed by atoms with van der Waals surface area (Å²) in [4.78, 5) is 26.7. The lowest BCUT2D eigenvalue weighted by molar-refractivity contribution is -0.126. The minimum atomic E-state index is -0.511. The first kappa shape index (κ1) is 16.0. The van der Waals surface area contributed by atoms with Gasteiger partial charge in [0, 0.05) is 25.3 Å². The predicted octanol–water partition coefficient (Wildman–Crippen LogP) is 2.04. The largest absolute Gasteiger partial charge is 0.376 e. The van der Waals surface area contributed by atoms with E-state index in [4.69, 9.17) is 4.74 Å². The zero-order valence-corrected chi connectivity index (χ0v) is 13.6. The Morgan fingerprint density at radius 1 is 1.35 bits per heavy atom. The maximum Gasteiger partial charge on any atom is 0.242 e. The molecule has 2 amide bonds. The smallest absolute Gasteiger partial charge is 0.242 e. The molecule has 0 aliphatic carbocycles. The molecule has 0 saturated carbocycles. The highest BCUT2D eigenvalue weighted by Gasteiger charge is 2.30. The summed E-state index contributed by atoms with van der Waals surface area (Å²) >= 11 is 0. The number of aryl methyl sites for hydroxylation is 1. The normalized spacial score (nSPS) is 22.4. The fourth-order valence-corrected chi connectivity index (χ4v) is 3.35. The fourth-order valence-electron chi connectivity index (χ4n) is 3.35. The van der Waals surface area contributed by atoms with Gasteiger partial charge >= 0.3 is 0 Å². The Bertz CT molecular complexity index is 581. The van der Waals surface area contributed by atoms with E-state index in [1.807, 2.05) is 24.3 Å². The molecule has 3 rings (SSSR count). The van der Waals surface area contributed by atoms with Crippen molar-refractivity contribution in [1.29, 1.82) is 0 Å². The van der Waals surface area contributed by atoms with Crippen LogP contribution in [-0.4, -0.2) is 37.1 Å². The van der Waals surface area contributed by atoms with Crippen LogP contribution in [0.5, 0.6) is 0 Å². The van der Waals surface area contributed by atoms with Gasteiger partial charge in [0.1, 0.15) is 6.04 Å². The van der Waals surface area contributed by atoms with E-state index >= 15 is 0 Å². The number of fused-ring (bicyclic) bond motifs is 1. The van der Waals surface area contributed by atoms with Gasteiger partial charge in [-0.3, -0.25) is 14.5 Å². The average Bonchev–Trinajstić information content (AvgIpc) is 3.01. The summed E-state index contributed by atoms with van der Waals surface area (Å²) in [6.07, 6.45) is 4.34. The van der Waals surface area contributed by atoms with E-state index in [0.717, 1.165) is 43.5 Å². The molecular weight excluding hydrogens is 292 g/mol. The number of nitrogens with one attached hydrogen (secondary N) is 1. The van der Waals surface area contributed by atoms with Crippen molar-refractivity contribution in [3.05, 3.63) is 29.8 Å². The van der Waals surface area contributed by atoms with Gasteiger partial charge in [-0.15, -0.1) is 0 Å². The van der Waals surface area contributed by atoms with Gasteiger partial charge in [0.15, 0.2) is 0 Å². The third kappa shape index (κ3) is 3.55. The van der Waals surface area contributed by atoms with E-state index in [0.29, 0.717) is 13.0 Å². The van der Waals surface area contributed by atoms with Crippen LogP contribution in [0.4, 0.5) is 5.69 Å². The first-order valence-corrected chi connectivity index (χ1v) is 8.46. The van der Waals surface area contributed by atoms with Crippen LogP contribution in [0.2, 0.25) is 0 Å². The Morgan fingerprint density at radius 2 is 2.17 bits per heavy atom. The molecule has 0 aromatic heterocycles. The molecule has 5 heteroatoms. The number of benzene rings is 1. The second kappa shape index (κ2) is 7.13. The molecule has 5 nitrogen and oxygen atoms in total. The fraction of sp³-hybridized carbons (Fsp3) is 0.556. The Hall–Kier alpha value is -1.88. The van der Waals surface area contributed by atoms with Gasteiger partial charge in [0.2, 0.25) is 11.8 Å². The molecule has 124 valence electrons. The van der Waals surface area contributed by atoms with Crippen LogP contribution >= 0.6 is 0 Å². The molecule has 1 fully saturated rings. The van der Waals surface area contributed by atoms with E-state index in [-0.39, 0.29) is 17.9 Å². The van der Waals surface area contributed by atoms with Gasteiger partial charge in [-0.25, -0.2) is 0 Å². The third-order valence-electron chi connectivity index (χ3n) is 4.65. The standard InChI is InChI=1S/C18H24N2O3/c1-13(18(22)19-12-15-8-5-11-23-15)20-16-9-3-2-6-14(16)7-4-10-17(20)21/h2-3,6,9,13,15H,4-5,7-8,10-12H2,1H3,(H,19,22)/t13-,15-/m0/s1. The highest BCUT2D eigenvalue weighted by molar-refractivity contribution is 6.01. The Labute approximate surface area is 137 Å². The van der Waals surface area contributed by atoms with E-state index in [9.17, 15) is 9.59 Å². The lowest BCUT2D eigenvalue weighted by Crippen LogP contribution is -2.49. The van der Waals surface area contributed by atoms with E-state index < -0.39 is 6.04 Å². The molecule has 2 aliphatic rings. The van der Waals surface area contributed by atoms with Crippen LogP contribution < -0.4 is 10.2 Å². The van der Waals surface area contributed by atoms with Crippen molar-refractivity contribution in [2.24, 2.45) is 0 Å². The molecule has 2 aliphatic heterocycles. The van der Waals surface area contributed by atoms with Crippen LogP contribution in [0.3, 0.4) is 0 Å². The van der Waals surface area contributed by atoms with E-state index in [1.165, 1.54) is 0 Å². The number of carbonyl (C=O) groups is 2. The van der Waals surface area contributed by atoms with Crippen molar-refractivity contribution in [2.75, 3.05) is 18.1 Å². The summed E-state index contributed by atoms with van der Waals surface area (Å²) in [5, 5.41) is 2.94. The molecule has 0 unspecified atom stereocenters. The van der Waals surface area contributed by atoms with Gasteiger partial charge in [-0.2, -0.15) is 0 Å². The summed E-state index contributed by atoms with van der Waals surface area (Å²) in [7, 11) is 0. The highest BCUT2D eigenvalue weighted by Crippen LogP contribution is 2.28. The van der Waals surface area contributed by atoms with Crippen LogP contribution in [0, 0.1) is 0 Å². The molecule has 1 aromatic rings. The van der Waals surface area contributed by atoms with Gasteiger partial charge in [-0.05, 0) is 44.2 Å². The Kier molecular flexibility index (Phi) is 4.96. The molecule has 23 heavy (non-hydrogen) atoms. The first-order chi connectivity index (χ1) is 11.2. The second-order valence-corrected chi connectivity index (χ2v) is 6.30. The molecule has 1 N–H and O–H groups in total. The SMILES string of the molecule is C[C@@H](C(=O)NC[C@@H]1CCCO1)N1C(=O)CCCc2ccccc21. The summed E-state index contributed by atoms with van der Waals surface area (Å²) in [6, 6.07) is 7.36. The van der Waals surface area contributed by atoms with Gasteiger partial charge in [0.05, 0.1) is 6.10 Å².